The van der Waals surface area contributed by atoms with Gasteiger partial charge in [-0.05, 0) is 43.3 Å². The fourth-order valence-electron chi connectivity index (χ4n) is 2.64. The molecule has 0 bridgehead atoms. The van der Waals surface area contributed by atoms with E-state index in [2.05, 4.69) is 11.8 Å². The molecule has 1 aliphatic rings. The molecule has 1 unspecified atom stereocenters. The third-order valence-electron chi connectivity index (χ3n) is 3.94. The quantitative estimate of drug-likeness (QED) is 0.654. The number of nitrogens with one attached hydrogen (secondary N) is 1. The van der Waals surface area contributed by atoms with Crippen LogP contribution in [0.4, 0.5) is 5.69 Å². The van der Waals surface area contributed by atoms with E-state index in [0.29, 0.717) is 29.5 Å². The van der Waals surface area contributed by atoms with E-state index >= 15 is 0 Å². The molecule has 0 saturated heterocycles. The van der Waals surface area contributed by atoms with Crippen LogP contribution in [0.15, 0.2) is 42.5 Å². The van der Waals surface area contributed by atoms with Crippen molar-refractivity contribution in [1.82, 2.24) is 5.48 Å². The zero-order valence-corrected chi connectivity index (χ0v) is 13.4. The summed E-state index contributed by atoms with van der Waals surface area (Å²) in [5, 5.41) is 9.45. The Morgan fingerprint density at radius 1 is 1.30 bits per heavy atom. The molecule has 3 rings (SSSR count). The zero-order valence-electron chi connectivity index (χ0n) is 12.6. The highest BCUT2D eigenvalue weighted by atomic mass is 35.5. The number of anilines is 1. The van der Waals surface area contributed by atoms with Gasteiger partial charge in [-0.3, -0.25) is 10.0 Å². The molecule has 1 amide bonds. The number of fused-ring (bicyclic) bond motifs is 1. The number of nitrogens with zero attached hydrogens (tertiary/aromatic N) is 1. The molecule has 2 aromatic rings. The molecule has 0 radical (unpaired) electrons. The minimum absolute atomic E-state index is 0.165. The summed E-state index contributed by atoms with van der Waals surface area (Å²) in [5.74, 6) is 0.109. The number of carbonyl (C=O) groups excluding carboxylic acids is 1. The van der Waals surface area contributed by atoms with E-state index in [-0.39, 0.29) is 6.04 Å². The summed E-state index contributed by atoms with van der Waals surface area (Å²) in [6, 6.07) is 13.0. The SMILES string of the molecule is CC1COc2cc(C(=O)NO)ccc2CN1c1ccc(Cl)cc1. The highest BCUT2D eigenvalue weighted by Gasteiger charge is 2.22. The van der Waals surface area contributed by atoms with Gasteiger partial charge >= 0.3 is 0 Å². The summed E-state index contributed by atoms with van der Waals surface area (Å²) in [6.45, 7) is 3.25. The van der Waals surface area contributed by atoms with Crippen molar-refractivity contribution in [3.8, 4) is 5.75 Å². The smallest absolute Gasteiger partial charge is 0.274 e. The predicted molar refractivity (Wildman–Crippen MR) is 88.3 cm³/mol. The molecule has 0 aromatic heterocycles. The third-order valence-corrected chi connectivity index (χ3v) is 4.19. The lowest BCUT2D eigenvalue weighted by molar-refractivity contribution is 0.0706. The lowest BCUT2D eigenvalue weighted by atomic mass is 10.1. The molecule has 2 aromatic carbocycles. The van der Waals surface area contributed by atoms with Crippen molar-refractivity contribution in [1.29, 1.82) is 0 Å². The molecule has 1 atom stereocenters. The Balaban J connectivity index is 1.92. The number of amides is 1. The predicted octanol–water partition coefficient (Wildman–Crippen LogP) is 3.25. The Morgan fingerprint density at radius 2 is 2.04 bits per heavy atom. The Bertz CT molecular complexity index is 718. The summed E-state index contributed by atoms with van der Waals surface area (Å²) in [5.41, 5.74) is 4.05. The van der Waals surface area contributed by atoms with Gasteiger partial charge in [-0.25, -0.2) is 5.48 Å². The lowest BCUT2D eigenvalue weighted by Crippen LogP contribution is -2.34. The topological polar surface area (TPSA) is 61.8 Å². The van der Waals surface area contributed by atoms with Crippen LogP contribution in [-0.4, -0.2) is 23.8 Å². The normalized spacial score (nSPS) is 17.0. The van der Waals surface area contributed by atoms with Gasteiger partial charge in [0.05, 0.1) is 6.04 Å². The van der Waals surface area contributed by atoms with Crippen molar-refractivity contribution in [2.75, 3.05) is 11.5 Å². The van der Waals surface area contributed by atoms with Crippen LogP contribution < -0.4 is 15.1 Å². The first kappa shape index (κ1) is 15.6. The standard InChI is InChI=1S/C17H17ClN2O3/c1-11-10-23-16-8-12(17(21)19-22)2-3-13(16)9-20(11)15-6-4-14(18)5-7-15/h2-8,11,22H,9-10H2,1H3,(H,19,21). The maximum Gasteiger partial charge on any atom is 0.274 e. The second-order valence-corrected chi connectivity index (χ2v) is 5.96. The number of halogens is 1. The first-order chi connectivity index (χ1) is 11.1. The van der Waals surface area contributed by atoms with Crippen LogP contribution in [0.25, 0.3) is 0 Å². The van der Waals surface area contributed by atoms with Crippen molar-refractivity contribution >= 4 is 23.2 Å². The van der Waals surface area contributed by atoms with Gasteiger partial charge in [-0.2, -0.15) is 0 Å². The first-order valence-electron chi connectivity index (χ1n) is 7.31. The average Bonchev–Trinajstić information content (AvgIpc) is 2.74. The Morgan fingerprint density at radius 3 is 2.74 bits per heavy atom. The highest BCUT2D eigenvalue weighted by molar-refractivity contribution is 6.30. The van der Waals surface area contributed by atoms with Crippen LogP contribution >= 0.6 is 11.6 Å². The van der Waals surface area contributed by atoms with Gasteiger partial charge in [0.1, 0.15) is 12.4 Å². The van der Waals surface area contributed by atoms with E-state index in [4.69, 9.17) is 21.5 Å². The summed E-state index contributed by atoms with van der Waals surface area (Å²) < 4.78 is 5.84. The Hall–Kier alpha value is -2.24. The lowest BCUT2D eigenvalue weighted by Gasteiger charge is -2.28. The van der Waals surface area contributed by atoms with E-state index in [1.54, 1.807) is 17.6 Å². The summed E-state index contributed by atoms with van der Waals surface area (Å²) in [6.07, 6.45) is 0. The minimum Gasteiger partial charge on any atom is -0.491 e. The number of hydrogen-bond donors (Lipinski definition) is 2. The van der Waals surface area contributed by atoms with E-state index in [1.807, 2.05) is 30.3 Å². The number of carbonyl (C=O) groups is 1. The molecule has 23 heavy (non-hydrogen) atoms. The van der Waals surface area contributed by atoms with Gasteiger partial charge in [-0.1, -0.05) is 17.7 Å². The van der Waals surface area contributed by atoms with Gasteiger partial charge in [0, 0.05) is 28.4 Å². The molecule has 0 aliphatic carbocycles. The van der Waals surface area contributed by atoms with Crippen LogP contribution in [0.5, 0.6) is 5.75 Å². The summed E-state index contributed by atoms with van der Waals surface area (Å²) in [4.78, 5) is 13.8. The fraction of sp³-hybridized carbons (Fsp3) is 0.235. The van der Waals surface area contributed by atoms with E-state index in [0.717, 1.165) is 11.3 Å². The van der Waals surface area contributed by atoms with Crippen LogP contribution in [0, 0.1) is 0 Å². The number of hydrogen-bond acceptors (Lipinski definition) is 4. The van der Waals surface area contributed by atoms with E-state index in [9.17, 15) is 4.79 Å². The molecule has 0 spiro atoms. The summed E-state index contributed by atoms with van der Waals surface area (Å²) >= 11 is 5.96. The zero-order chi connectivity index (χ0) is 16.4. The molecule has 120 valence electrons. The van der Waals surface area contributed by atoms with Crippen molar-refractivity contribution in [3.63, 3.8) is 0 Å². The van der Waals surface area contributed by atoms with Gasteiger partial charge < -0.3 is 9.64 Å². The summed E-state index contributed by atoms with van der Waals surface area (Å²) in [7, 11) is 0. The average molecular weight is 333 g/mol. The van der Waals surface area contributed by atoms with Crippen LogP contribution in [0.1, 0.15) is 22.8 Å². The van der Waals surface area contributed by atoms with Crippen LogP contribution in [0.2, 0.25) is 5.02 Å². The largest absolute Gasteiger partial charge is 0.491 e. The third kappa shape index (κ3) is 3.25. The second kappa shape index (κ2) is 6.48. The maximum absolute atomic E-state index is 11.5. The van der Waals surface area contributed by atoms with Gasteiger partial charge in [0.25, 0.3) is 5.91 Å². The minimum atomic E-state index is -0.553. The number of ether oxygens (including phenoxy) is 1. The highest BCUT2D eigenvalue weighted by Crippen LogP contribution is 2.30. The van der Waals surface area contributed by atoms with Gasteiger partial charge in [0.15, 0.2) is 0 Å². The van der Waals surface area contributed by atoms with Crippen LogP contribution in [-0.2, 0) is 6.54 Å². The molecule has 6 heteroatoms. The van der Waals surface area contributed by atoms with Gasteiger partial charge in [0.2, 0.25) is 0 Å². The van der Waals surface area contributed by atoms with Crippen molar-refractivity contribution < 1.29 is 14.7 Å². The molecule has 5 nitrogen and oxygen atoms in total. The number of hydroxylamine groups is 1. The molecule has 1 heterocycles. The maximum atomic E-state index is 11.5. The Labute approximate surface area is 139 Å². The number of rotatable bonds is 2. The van der Waals surface area contributed by atoms with Crippen molar-refractivity contribution in [3.05, 3.63) is 58.6 Å². The number of benzene rings is 2. The first-order valence-corrected chi connectivity index (χ1v) is 7.68. The molecular formula is C17H17ClN2O3. The molecule has 2 N–H and O–H groups in total. The van der Waals surface area contributed by atoms with Gasteiger partial charge in [-0.15, -0.1) is 0 Å². The molecule has 0 saturated carbocycles. The Kier molecular flexibility index (Phi) is 4.41. The second-order valence-electron chi connectivity index (χ2n) is 5.53. The molecule has 1 aliphatic heterocycles. The van der Waals surface area contributed by atoms with Crippen molar-refractivity contribution in [2.45, 2.75) is 19.5 Å². The van der Waals surface area contributed by atoms with Crippen LogP contribution in [0.3, 0.4) is 0 Å². The van der Waals surface area contributed by atoms with Crippen molar-refractivity contribution in [2.24, 2.45) is 0 Å². The van der Waals surface area contributed by atoms with E-state index in [1.165, 1.54) is 0 Å². The molecular weight excluding hydrogens is 316 g/mol. The fourth-order valence-corrected chi connectivity index (χ4v) is 2.77. The monoisotopic (exact) mass is 332 g/mol. The van der Waals surface area contributed by atoms with E-state index < -0.39 is 5.91 Å². The molecule has 0 fully saturated rings.